The van der Waals surface area contributed by atoms with E-state index in [0.29, 0.717) is 28.1 Å². The number of amides is 1. The highest BCUT2D eigenvalue weighted by Gasteiger charge is 2.17. The number of nitrogens with zero attached hydrogens (tertiary/aromatic N) is 2. The number of hydrogen-bond acceptors (Lipinski definition) is 6. The van der Waals surface area contributed by atoms with Gasteiger partial charge in [-0.25, -0.2) is 0 Å². The summed E-state index contributed by atoms with van der Waals surface area (Å²) in [6.07, 6.45) is 0. The molecule has 6 nitrogen and oxygen atoms in total. The Labute approximate surface area is 154 Å². The van der Waals surface area contributed by atoms with E-state index < -0.39 is 0 Å². The number of anilines is 1. The Morgan fingerprint density at radius 3 is 2.62 bits per heavy atom. The fourth-order valence-corrected chi connectivity index (χ4v) is 3.35. The predicted octanol–water partition coefficient (Wildman–Crippen LogP) is 4.31. The van der Waals surface area contributed by atoms with Crippen molar-refractivity contribution in [3.05, 3.63) is 53.6 Å². The van der Waals surface area contributed by atoms with Crippen LogP contribution in [0.25, 0.3) is 10.6 Å². The number of rotatable bonds is 4. The fourth-order valence-electron chi connectivity index (χ4n) is 2.61. The molecule has 132 valence electrons. The topological polar surface area (TPSA) is 73.3 Å². The average Bonchev–Trinajstić information content (AvgIpc) is 3.30. The molecule has 1 aliphatic heterocycles. The van der Waals surface area contributed by atoms with Crippen molar-refractivity contribution < 1.29 is 14.3 Å². The van der Waals surface area contributed by atoms with Crippen LogP contribution in [-0.4, -0.2) is 22.9 Å². The van der Waals surface area contributed by atoms with Crippen molar-refractivity contribution in [2.75, 3.05) is 12.1 Å². The molecule has 0 atom stereocenters. The monoisotopic (exact) mass is 367 g/mol. The first-order valence-corrected chi connectivity index (χ1v) is 9.06. The summed E-state index contributed by atoms with van der Waals surface area (Å²) in [6.45, 7) is 4.49. The molecule has 26 heavy (non-hydrogen) atoms. The molecule has 1 aliphatic rings. The zero-order valence-corrected chi connectivity index (χ0v) is 15.2. The summed E-state index contributed by atoms with van der Waals surface area (Å²) >= 11 is 1.34. The van der Waals surface area contributed by atoms with Crippen LogP contribution in [0.15, 0.2) is 42.5 Å². The van der Waals surface area contributed by atoms with E-state index in [1.54, 1.807) is 18.2 Å². The van der Waals surface area contributed by atoms with Crippen LogP contribution in [0.5, 0.6) is 11.5 Å². The summed E-state index contributed by atoms with van der Waals surface area (Å²) in [4.78, 5) is 12.4. The van der Waals surface area contributed by atoms with Crippen LogP contribution < -0.4 is 14.8 Å². The van der Waals surface area contributed by atoms with Gasteiger partial charge in [0, 0.05) is 11.1 Å². The maximum Gasteiger partial charge on any atom is 0.257 e. The van der Waals surface area contributed by atoms with E-state index in [4.69, 9.17) is 9.47 Å². The number of ether oxygens (including phenoxy) is 2. The minimum atomic E-state index is -0.263. The SMILES string of the molecule is CC(C)c1ccc(-c2nnc(NC(=O)c3ccc4c(c3)OCO4)s2)cc1. The molecule has 1 amide bonds. The zero-order valence-electron chi connectivity index (χ0n) is 14.4. The summed E-state index contributed by atoms with van der Waals surface area (Å²) in [5.41, 5.74) is 2.73. The molecule has 0 unspecified atom stereocenters. The molecule has 0 saturated carbocycles. The number of nitrogens with one attached hydrogen (secondary N) is 1. The van der Waals surface area contributed by atoms with Gasteiger partial charge in [-0.2, -0.15) is 0 Å². The van der Waals surface area contributed by atoms with Crippen LogP contribution in [0.4, 0.5) is 5.13 Å². The number of carbonyl (C=O) groups is 1. The minimum absolute atomic E-state index is 0.176. The van der Waals surface area contributed by atoms with Crippen molar-refractivity contribution in [3.8, 4) is 22.1 Å². The highest BCUT2D eigenvalue weighted by atomic mass is 32.1. The third-order valence-corrected chi connectivity index (χ3v) is 4.99. The standard InChI is InChI=1S/C19H17N3O3S/c1-11(2)12-3-5-13(6-4-12)18-21-22-19(26-18)20-17(23)14-7-8-15-16(9-14)25-10-24-15/h3-9,11H,10H2,1-2H3,(H,20,22,23). The Kier molecular flexibility index (Phi) is 4.30. The van der Waals surface area contributed by atoms with Crippen LogP contribution in [0.1, 0.15) is 35.7 Å². The summed E-state index contributed by atoms with van der Waals surface area (Å²) < 4.78 is 10.6. The van der Waals surface area contributed by atoms with Gasteiger partial charge in [0.05, 0.1) is 0 Å². The molecule has 2 heterocycles. The van der Waals surface area contributed by atoms with E-state index in [0.717, 1.165) is 10.6 Å². The number of aromatic nitrogens is 2. The highest BCUT2D eigenvalue weighted by molar-refractivity contribution is 7.18. The second kappa shape index (κ2) is 6.76. The summed E-state index contributed by atoms with van der Waals surface area (Å²) in [7, 11) is 0. The van der Waals surface area contributed by atoms with Gasteiger partial charge >= 0.3 is 0 Å². The maximum atomic E-state index is 12.4. The lowest BCUT2D eigenvalue weighted by molar-refractivity contribution is 0.102. The van der Waals surface area contributed by atoms with Crippen molar-refractivity contribution in [1.29, 1.82) is 0 Å². The fraction of sp³-hybridized carbons (Fsp3) is 0.211. The molecule has 7 heteroatoms. The van der Waals surface area contributed by atoms with Gasteiger partial charge in [0.15, 0.2) is 11.5 Å². The third-order valence-electron chi connectivity index (χ3n) is 4.10. The molecule has 3 aromatic rings. The molecule has 1 aromatic heterocycles. The molecule has 0 saturated heterocycles. The van der Waals surface area contributed by atoms with Gasteiger partial charge in [0.2, 0.25) is 11.9 Å². The van der Waals surface area contributed by atoms with Gasteiger partial charge in [-0.1, -0.05) is 49.4 Å². The van der Waals surface area contributed by atoms with E-state index >= 15 is 0 Å². The lowest BCUT2D eigenvalue weighted by atomic mass is 10.0. The van der Waals surface area contributed by atoms with E-state index in [1.165, 1.54) is 16.9 Å². The van der Waals surface area contributed by atoms with E-state index in [-0.39, 0.29) is 12.7 Å². The van der Waals surface area contributed by atoms with Crippen LogP contribution in [-0.2, 0) is 0 Å². The molecule has 0 fully saturated rings. The highest BCUT2D eigenvalue weighted by Crippen LogP contribution is 2.33. The molecule has 0 spiro atoms. The summed E-state index contributed by atoms with van der Waals surface area (Å²) in [5, 5.41) is 12.2. The van der Waals surface area contributed by atoms with Gasteiger partial charge in [-0.15, -0.1) is 10.2 Å². The quantitative estimate of drug-likeness (QED) is 0.744. The number of benzene rings is 2. The molecule has 0 radical (unpaired) electrons. The summed E-state index contributed by atoms with van der Waals surface area (Å²) in [6, 6.07) is 13.3. The lowest BCUT2D eigenvalue weighted by Gasteiger charge is -2.05. The van der Waals surface area contributed by atoms with Gasteiger partial charge in [0.1, 0.15) is 5.01 Å². The van der Waals surface area contributed by atoms with Crippen LogP contribution in [0, 0.1) is 0 Å². The molecule has 1 N–H and O–H groups in total. The second-order valence-corrected chi connectivity index (χ2v) is 7.19. The van der Waals surface area contributed by atoms with Crippen molar-refractivity contribution in [1.82, 2.24) is 10.2 Å². The molecule has 2 aromatic carbocycles. The van der Waals surface area contributed by atoms with Crippen molar-refractivity contribution >= 4 is 22.4 Å². The van der Waals surface area contributed by atoms with Crippen LogP contribution >= 0.6 is 11.3 Å². The number of fused-ring (bicyclic) bond motifs is 1. The van der Waals surface area contributed by atoms with Crippen LogP contribution in [0.3, 0.4) is 0 Å². The Balaban J connectivity index is 1.48. The number of carbonyl (C=O) groups excluding carboxylic acids is 1. The number of hydrogen-bond donors (Lipinski definition) is 1. The molecular formula is C19H17N3O3S. The third kappa shape index (κ3) is 3.25. The first-order valence-electron chi connectivity index (χ1n) is 8.25. The molecule has 4 rings (SSSR count). The predicted molar refractivity (Wildman–Crippen MR) is 100.0 cm³/mol. The van der Waals surface area contributed by atoms with Gasteiger partial charge in [-0.3, -0.25) is 10.1 Å². The minimum Gasteiger partial charge on any atom is -0.454 e. The van der Waals surface area contributed by atoms with Crippen molar-refractivity contribution in [2.24, 2.45) is 0 Å². The molecule has 0 bridgehead atoms. The lowest BCUT2D eigenvalue weighted by Crippen LogP contribution is -2.11. The average molecular weight is 367 g/mol. The van der Waals surface area contributed by atoms with E-state index in [2.05, 4.69) is 41.5 Å². The second-order valence-electron chi connectivity index (χ2n) is 6.21. The van der Waals surface area contributed by atoms with Gasteiger partial charge < -0.3 is 9.47 Å². The first-order chi connectivity index (χ1) is 12.6. The molecular weight excluding hydrogens is 350 g/mol. The summed E-state index contributed by atoms with van der Waals surface area (Å²) in [5.74, 6) is 1.43. The molecule has 0 aliphatic carbocycles. The van der Waals surface area contributed by atoms with Crippen LogP contribution in [0.2, 0.25) is 0 Å². The largest absolute Gasteiger partial charge is 0.454 e. The Bertz CT molecular complexity index is 951. The zero-order chi connectivity index (χ0) is 18.1. The Morgan fingerprint density at radius 1 is 1.08 bits per heavy atom. The smallest absolute Gasteiger partial charge is 0.257 e. The van der Waals surface area contributed by atoms with E-state index in [9.17, 15) is 4.79 Å². The Hall–Kier alpha value is -2.93. The Morgan fingerprint density at radius 2 is 1.85 bits per heavy atom. The first kappa shape index (κ1) is 16.5. The normalized spacial score (nSPS) is 12.4. The van der Waals surface area contributed by atoms with E-state index in [1.807, 2.05) is 12.1 Å². The van der Waals surface area contributed by atoms with Gasteiger partial charge in [0.25, 0.3) is 5.91 Å². The van der Waals surface area contributed by atoms with Gasteiger partial charge in [-0.05, 0) is 29.7 Å². The van der Waals surface area contributed by atoms with Crippen molar-refractivity contribution in [2.45, 2.75) is 19.8 Å². The van der Waals surface area contributed by atoms with Crippen molar-refractivity contribution in [3.63, 3.8) is 0 Å². The maximum absolute atomic E-state index is 12.4.